The van der Waals surface area contributed by atoms with Crippen LogP contribution in [0.1, 0.15) is 56.3 Å². The fourth-order valence-electron chi connectivity index (χ4n) is 3.77. The summed E-state index contributed by atoms with van der Waals surface area (Å²) in [6, 6.07) is 4.97. The summed E-state index contributed by atoms with van der Waals surface area (Å²) in [7, 11) is 1.80. The van der Waals surface area contributed by atoms with Gasteiger partial charge in [-0.25, -0.2) is 0 Å². The SMILES string of the molecule is CCCCN(C)C(=O)c1ccc2c(c1)N(CCC)C(=O)[C@@H]1CCC(=O)N21. The van der Waals surface area contributed by atoms with Crippen LogP contribution in [-0.4, -0.2) is 48.8 Å². The first kappa shape index (κ1) is 18.4. The van der Waals surface area contributed by atoms with Crippen molar-refractivity contribution in [2.75, 3.05) is 29.9 Å². The maximum absolute atomic E-state index is 12.9. The van der Waals surface area contributed by atoms with Crippen molar-refractivity contribution in [2.24, 2.45) is 0 Å². The number of amides is 3. The molecule has 6 heteroatoms. The third kappa shape index (κ3) is 3.08. The van der Waals surface area contributed by atoms with E-state index in [2.05, 4.69) is 6.92 Å². The summed E-state index contributed by atoms with van der Waals surface area (Å²) in [5, 5.41) is 0. The molecule has 6 nitrogen and oxygen atoms in total. The molecule has 0 saturated carbocycles. The first-order valence-electron chi connectivity index (χ1n) is 9.52. The summed E-state index contributed by atoms with van der Waals surface area (Å²) in [4.78, 5) is 43.0. The molecule has 2 aliphatic rings. The van der Waals surface area contributed by atoms with Crippen molar-refractivity contribution in [3.05, 3.63) is 23.8 Å². The average molecular weight is 357 g/mol. The minimum absolute atomic E-state index is 0.0140. The Morgan fingerprint density at radius 3 is 2.65 bits per heavy atom. The van der Waals surface area contributed by atoms with Crippen molar-refractivity contribution in [2.45, 2.75) is 52.0 Å². The van der Waals surface area contributed by atoms with Gasteiger partial charge in [0, 0.05) is 32.1 Å². The van der Waals surface area contributed by atoms with E-state index in [1.807, 2.05) is 13.0 Å². The normalized spacial score (nSPS) is 18.8. The Kier molecular flexibility index (Phi) is 5.30. The lowest BCUT2D eigenvalue weighted by atomic mass is 10.0. The average Bonchev–Trinajstić information content (AvgIpc) is 3.04. The Bertz CT molecular complexity index is 731. The van der Waals surface area contributed by atoms with Gasteiger partial charge in [-0.3, -0.25) is 19.3 Å². The van der Waals surface area contributed by atoms with E-state index < -0.39 is 6.04 Å². The van der Waals surface area contributed by atoms with Crippen molar-refractivity contribution in [3.8, 4) is 0 Å². The predicted octanol–water partition coefficient (Wildman–Crippen LogP) is 2.81. The monoisotopic (exact) mass is 357 g/mol. The number of carbonyl (C=O) groups is 3. The van der Waals surface area contributed by atoms with Gasteiger partial charge in [-0.1, -0.05) is 20.3 Å². The molecule has 2 heterocycles. The van der Waals surface area contributed by atoms with Crippen LogP contribution in [0.2, 0.25) is 0 Å². The first-order chi connectivity index (χ1) is 12.5. The molecule has 0 N–H and O–H groups in total. The van der Waals surface area contributed by atoms with Crippen LogP contribution in [0.4, 0.5) is 11.4 Å². The lowest BCUT2D eigenvalue weighted by Gasteiger charge is -2.38. The van der Waals surface area contributed by atoms with Gasteiger partial charge in [0.1, 0.15) is 6.04 Å². The summed E-state index contributed by atoms with van der Waals surface area (Å²) < 4.78 is 0. The molecular formula is C20H27N3O3. The second-order valence-corrected chi connectivity index (χ2v) is 7.09. The molecule has 3 amide bonds. The van der Waals surface area contributed by atoms with Gasteiger partial charge in [-0.2, -0.15) is 0 Å². The summed E-state index contributed by atoms with van der Waals surface area (Å²) in [5.74, 6) is -0.103. The van der Waals surface area contributed by atoms with Gasteiger partial charge in [-0.15, -0.1) is 0 Å². The van der Waals surface area contributed by atoms with E-state index in [-0.39, 0.29) is 17.7 Å². The molecule has 1 aromatic rings. The third-order valence-corrected chi connectivity index (χ3v) is 5.18. The minimum atomic E-state index is -0.393. The number of nitrogens with zero attached hydrogens (tertiary/aromatic N) is 3. The molecule has 1 saturated heterocycles. The summed E-state index contributed by atoms with van der Waals surface area (Å²) >= 11 is 0. The van der Waals surface area contributed by atoms with Gasteiger partial charge in [0.15, 0.2) is 0 Å². The Balaban J connectivity index is 1.98. The summed E-state index contributed by atoms with van der Waals surface area (Å²) in [6.45, 7) is 5.41. The Morgan fingerprint density at radius 2 is 1.96 bits per heavy atom. The van der Waals surface area contributed by atoms with E-state index in [0.717, 1.165) is 24.9 Å². The fourth-order valence-corrected chi connectivity index (χ4v) is 3.77. The number of carbonyl (C=O) groups excluding carboxylic acids is 3. The molecule has 1 fully saturated rings. The molecule has 0 unspecified atom stereocenters. The molecule has 26 heavy (non-hydrogen) atoms. The first-order valence-corrected chi connectivity index (χ1v) is 9.52. The molecule has 2 aliphatic heterocycles. The highest BCUT2D eigenvalue weighted by molar-refractivity contribution is 6.15. The van der Waals surface area contributed by atoms with Crippen LogP contribution in [0.3, 0.4) is 0 Å². The van der Waals surface area contributed by atoms with Gasteiger partial charge in [0.25, 0.3) is 5.91 Å². The fraction of sp³-hybridized carbons (Fsp3) is 0.550. The third-order valence-electron chi connectivity index (χ3n) is 5.18. The van der Waals surface area contributed by atoms with Crippen LogP contribution in [0, 0.1) is 0 Å². The molecule has 0 aliphatic carbocycles. The highest BCUT2D eigenvalue weighted by Gasteiger charge is 2.44. The van der Waals surface area contributed by atoms with E-state index in [0.29, 0.717) is 37.2 Å². The minimum Gasteiger partial charge on any atom is -0.342 e. The van der Waals surface area contributed by atoms with Crippen LogP contribution >= 0.6 is 0 Å². The standard InChI is InChI=1S/C20H27N3O3/c1-4-6-12-21(3)19(25)14-7-8-15-17(13-14)22(11-5-2)20(26)16-9-10-18(24)23(15)16/h7-8,13,16H,4-6,9-12H2,1-3H3/t16-/m0/s1. The number of hydrogen-bond acceptors (Lipinski definition) is 3. The van der Waals surface area contributed by atoms with Gasteiger partial charge in [-0.05, 0) is 37.5 Å². The maximum atomic E-state index is 12.9. The van der Waals surface area contributed by atoms with Crippen LogP contribution in [0.15, 0.2) is 18.2 Å². The lowest BCUT2D eigenvalue weighted by Crippen LogP contribution is -2.52. The van der Waals surface area contributed by atoms with E-state index in [4.69, 9.17) is 0 Å². The Labute approximate surface area is 154 Å². The van der Waals surface area contributed by atoms with E-state index >= 15 is 0 Å². The number of fused-ring (bicyclic) bond motifs is 3. The molecule has 0 spiro atoms. The second kappa shape index (κ2) is 7.48. The predicted molar refractivity (Wildman–Crippen MR) is 101 cm³/mol. The zero-order chi connectivity index (χ0) is 18.8. The highest BCUT2D eigenvalue weighted by atomic mass is 16.2. The van der Waals surface area contributed by atoms with Crippen LogP contribution in [0.5, 0.6) is 0 Å². The smallest absolute Gasteiger partial charge is 0.253 e. The number of unbranched alkanes of at least 4 members (excludes halogenated alkanes) is 1. The number of hydrogen-bond donors (Lipinski definition) is 0. The Hall–Kier alpha value is -2.37. The number of benzene rings is 1. The molecule has 0 aromatic heterocycles. The zero-order valence-electron chi connectivity index (χ0n) is 15.8. The molecule has 0 bridgehead atoms. The molecule has 140 valence electrons. The van der Waals surface area contributed by atoms with Gasteiger partial charge >= 0.3 is 0 Å². The number of anilines is 2. The maximum Gasteiger partial charge on any atom is 0.253 e. The summed E-state index contributed by atoms with van der Waals surface area (Å²) in [6.07, 6.45) is 3.77. The topological polar surface area (TPSA) is 60.9 Å². The lowest BCUT2D eigenvalue weighted by molar-refractivity contribution is -0.122. The van der Waals surface area contributed by atoms with Crippen molar-refractivity contribution < 1.29 is 14.4 Å². The molecular weight excluding hydrogens is 330 g/mol. The number of rotatable bonds is 6. The van der Waals surface area contributed by atoms with Gasteiger partial charge < -0.3 is 9.80 Å². The van der Waals surface area contributed by atoms with Gasteiger partial charge in [0.2, 0.25) is 11.8 Å². The van der Waals surface area contributed by atoms with Crippen LogP contribution in [0.25, 0.3) is 0 Å². The largest absolute Gasteiger partial charge is 0.342 e. The van der Waals surface area contributed by atoms with E-state index in [1.165, 1.54) is 0 Å². The van der Waals surface area contributed by atoms with E-state index in [9.17, 15) is 14.4 Å². The van der Waals surface area contributed by atoms with Crippen LogP contribution < -0.4 is 9.80 Å². The van der Waals surface area contributed by atoms with Crippen molar-refractivity contribution in [1.29, 1.82) is 0 Å². The van der Waals surface area contributed by atoms with Crippen molar-refractivity contribution in [3.63, 3.8) is 0 Å². The van der Waals surface area contributed by atoms with Crippen LogP contribution in [-0.2, 0) is 9.59 Å². The van der Waals surface area contributed by atoms with Crippen molar-refractivity contribution >= 4 is 29.1 Å². The van der Waals surface area contributed by atoms with Gasteiger partial charge in [0.05, 0.1) is 11.4 Å². The summed E-state index contributed by atoms with van der Waals surface area (Å²) in [5.41, 5.74) is 1.98. The molecule has 1 aromatic carbocycles. The quantitative estimate of drug-likeness (QED) is 0.786. The zero-order valence-corrected chi connectivity index (χ0v) is 15.8. The molecule has 0 radical (unpaired) electrons. The molecule has 1 atom stereocenters. The Morgan fingerprint density at radius 1 is 1.19 bits per heavy atom. The molecule has 3 rings (SSSR count). The second-order valence-electron chi connectivity index (χ2n) is 7.09. The van der Waals surface area contributed by atoms with Crippen molar-refractivity contribution in [1.82, 2.24) is 4.90 Å². The van der Waals surface area contributed by atoms with E-state index in [1.54, 1.807) is 33.9 Å². The highest BCUT2D eigenvalue weighted by Crippen LogP contribution is 2.41.